The lowest BCUT2D eigenvalue weighted by molar-refractivity contribution is 0.0663. The van der Waals surface area contributed by atoms with Crippen molar-refractivity contribution in [1.29, 1.82) is 0 Å². The summed E-state index contributed by atoms with van der Waals surface area (Å²) >= 11 is 0. The van der Waals surface area contributed by atoms with E-state index in [4.69, 9.17) is 9.26 Å². The molecule has 3 aromatic rings. The summed E-state index contributed by atoms with van der Waals surface area (Å²) in [6.07, 6.45) is 3.66. The van der Waals surface area contributed by atoms with Crippen molar-refractivity contribution in [2.24, 2.45) is 0 Å². The van der Waals surface area contributed by atoms with Gasteiger partial charge in [0.1, 0.15) is 12.4 Å². The molecule has 0 unspecified atom stereocenters. The number of aromatic nitrogens is 4. The lowest BCUT2D eigenvalue weighted by atomic mass is 10.1. The molecule has 1 aromatic carbocycles. The zero-order valence-electron chi connectivity index (χ0n) is 15.8. The molecule has 29 heavy (non-hydrogen) atoms. The third-order valence-electron chi connectivity index (χ3n) is 5.36. The smallest absolute Gasteiger partial charge is 0.275 e. The number of hydrogen-bond acceptors (Lipinski definition) is 6. The summed E-state index contributed by atoms with van der Waals surface area (Å²) in [5, 5.41) is 8.52. The molecule has 1 saturated heterocycles. The van der Waals surface area contributed by atoms with Gasteiger partial charge in [0.05, 0.1) is 12.6 Å². The molecule has 9 heteroatoms. The van der Waals surface area contributed by atoms with Crippen molar-refractivity contribution in [2.45, 2.75) is 38.3 Å². The standard InChI is InChI=1S/C20H20FN5O3/c21-14-7-5-13(6-8-14)19-22-18(24-29-19)16-4-2-1-3-9-25(16)20(27)15-12-17-26(23-15)10-11-28-17/h5-8,12,16H,1-4,9-11H2/t16-/m0/s1. The molecule has 2 aromatic heterocycles. The van der Waals surface area contributed by atoms with Gasteiger partial charge < -0.3 is 14.2 Å². The summed E-state index contributed by atoms with van der Waals surface area (Å²) in [6.45, 7) is 1.84. The molecular formula is C20H20FN5O3. The van der Waals surface area contributed by atoms with Crippen LogP contribution in [0, 0.1) is 5.82 Å². The number of ether oxygens (including phenoxy) is 1. The largest absolute Gasteiger partial charge is 0.476 e. The van der Waals surface area contributed by atoms with Crippen LogP contribution < -0.4 is 4.74 Å². The van der Waals surface area contributed by atoms with Crippen molar-refractivity contribution >= 4 is 5.91 Å². The molecule has 2 aliphatic rings. The van der Waals surface area contributed by atoms with Crippen LogP contribution in [-0.2, 0) is 6.54 Å². The Morgan fingerprint density at radius 1 is 1.14 bits per heavy atom. The van der Waals surface area contributed by atoms with E-state index in [0.717, 1.165) is 25.7 Å². The number of likely N-dealkylation sites (tertiary alicyclic amines) is 1. The predicted octanol–water partition coefficient (Wildman–Crippen LogP) is 3.22. The maximum atomic E-state index is 13.2. The molecule has 0 saturated carbocycles. The van der Waals surface area contributed by atoms with Gasteiger partial charge in [-0.05, 0) is 37.1 Å². The van der Waals surface area contributed by atoms with E-state index >= 15 is 0 Å². The highest BCUT2D eigenvalue weighted by molar-refractivity contribution is 5.93. The second kappa shape index (κ2) is 7.31. The van der Waals surface area contributed by atoms with E-state index in [-0.39, 0.29) is 17.8 Å². The van der Waals surface area contributed by atoms with Crippen LogP contribution in [0.3, 0.4) is 0 Å². The summed E-state index contributed by atoms with van der Waals surface area (Å²) in [4.78, 5) is 19.5. The minimum Gasteiger partial charge on any atom is -0.476 e. The van der Waals surface area contributed by atoms with E-state index < -0.39 is 0 Å². The summed E-state index contributed by atoms with van der Waals surface area (Å²) in [6, 6.07) is 7.28. The van der Waals surface area contributed by atoms with Crippen LogP contribution in [0.5, 0.6) is 5.88 Å². The summed E-state index contributed by atoms with van der Waals surface area (Å²) in [7, 11) is 0. The summed E-state index contributed by atoms with van der Waals surface area (Å²) in [5.74, 6) is 0.909. The summed E-state index contributed by atoms with van der Waals surface area (Å²) in [5.41, 5.74) is 1.01. The molecule has 8 nitrogen and oxygen atoms in total. The second-order valence-corrected chi connectivity index (χ2v) is 7.27. The Bertz CT molecular complexity index is 1010. The molecule has 0 N–H and O–H groups in total. The van der Waals surface area contributed by atoms with E-state index in [1.807, 2.05) is 0 Å². The Labute approximate surface area is 166 Å². The van der Waals surface area contributed by atoms with E-state index in [1.54, 1.807) is 27.8 Å². The normalized spacial score (nSPS) is 18.9. The van der Waals surface area contributed by atoms with Crippen molar-refractivity contribution in [1.82, 2.24) is 24.8 Å². The van der Waals surface area contributed by atoms with Gasteiger partial charge >= 0.3 is 0 Å². The molecule has 1 atom stereocenters. The zero-order chi connectivity index (χ0) is 19.8. The number of rotatable bonds is 3. The highest BCUT2D eigenvalue weighted by atomic mass is 19.1. The second-order valence-electron chi connectivity index (χ2n) is 7.27. The molecule has 0 bridgehead atoms. The molecule has 0 spiro atoms. The molecule has 150 valence electrons. The van der Waals surface area contributed by atoms with E-state index in [1.165, 1.54) is 12.1 Å². The van der Waals surface area contributed by atoms with Crippen molar-refractivity contribution in [3.63, 3.8) is 0 Å². The number of nitrogens with zero attached hydrogens (tertiary/aromatic N) is 5. The first kappa shape index (κ1) is 17.8. The van der Waals surface area contributed by atoms with Crippen molar-refractivity contribution in [3.8, 4) is 17.3 Å². The molecule has 1 amide bonds. The SMILES string of the molecule is O=C(c1cc2n(n1)CCO2)N1CCCCC[C@H]1c1noc(-c2ccc(F)cc2)n1. The molecular weight excluding hydrogens is 377 g/mol. The number of hydrogen-bond donors (Lipinski definition) is 0. The first-order valence-corrected chi connectivity index (χ1v) is 9.80. The molecule has 2 aliphatic heterocycles. The van der Waals surface area contributed by atoms with Gasteiger partial charge in [0.15, 0.2) is 11.5 Å². The van der Waals surface area contributed by atoms with Gasteiger partial charge in [-0.15, -0.1) is 0 Å². The number of carbonyl (C=O) groups is 1. The average Bonchev–Trinajstić information content (AvgIpc) is 3.41. The third-order valence-corrected chi connectivity index (χ3v) is 5.36. The number of benzene rings is 1. The fourth-order valence-corrected chi connectivity index (χ4v) is 3.86. The summed E-state index contributed by atoms with van der Waals surface area (Å²) < 4.78 is 25.8. The zero-order valence-corrected chi connectivity index (χ0v) is 15.8. The highest BCUT2D eigenvalue weighted by Gasteiger charge is 2.33. The van der Waals surface area contributed by atoms with Gasteiger partial charge in [-0.25, -0.2) is 9.07 Å². The van der Waals surface area contributed by atoms with Gasteiger partial charge in [-0.2, -0.15) is 10.1 Å². The lowest BCUT2D eigenvalue weighted by Crippen LogP contribution is -2.35. The van der Waals surface area contributed by atoms with Crippen molar-refractivity contribution in [3.05, 3.63) is 47.7 Å². The maximum absolute atomic E-state index is 13.2. The van der Waals surface area contributed by atoms with Gasteiger partial charge in [-0.3, -0.25) is 4.79 Å². The van der Waals surface area contributed by atoms with E-state index in [2.05, 4.69) is 15.2 Å². The highest BCUT2D eigenvalue weighted by Crippen LogP contribution is 2.32. The Morgan fingerprint density at radius 3 is 2.83 bits per heavy atom. The topological polar surface area (TPSA) is 86.3 Å². The molecule has 0 aliphatic carbocycles. The van der Waals surface area contributed by atoms with Crippen LogP contribution in [0.25, 0.3) is 11.5 Å². The first-order chi connectivity index (χ1) is 14.2. The Morgan fingerprint density at radius 2 is 2.00 bits per heavy atom. The van der Waals surface area contributed by atoms with Gasteiger partial charge in [-0.1, -0.05) is 18.0 Å². The monoisotopic (exact) mass is 397 g/mol. The van der Waals surface area contributed by atoms with Crippen LogP contribution >= 0.6 is 0 Å². The Hall–Kier alpha value is -3.23. The quantitative estimate of drug-likeness (QED) is 0.675. The molecule has 0 radical (unpaired) electrons. The van der Waals surface area contributed by atoms with Crippen LogP contribution in [0.15, 0.2) is 34.9 Å². The van der Waals surface area contributed by atoms with Crippen molar-refractivity contribution < 1.29 is 18.4 Å². The third kappa shape index (κ3) is 3.37. The lowest BCUT2D eigenvalue weighted by Gasteiger charge is -2.27. The number of fused-ring (bicyclic) bond motifs is 1. The fraction of sp³-hybridized carbons (Fsp3) is 0.400. The predicted molar refractivity (Wildman–Crippen MR) is 99.7 cm³/mol. The first-order valence-electron chi connectivity index (χ1n) is 9.80. The average molecular weight is 397 g/mol. The van der Waals surface area contributed by atoms with E-state index in [9.17, 15) is 9.18 Å². The maximum Gasteiger partial charge on any atom is 0.275 e. The Kier molecular flexibility index (Phi) is 4.49. The van der Waals surface area contributed by atoms with Crippen LogP contribution in [0.1, 0.15) is 48.0 Å². The van der Waals surface area contributed by atoms with Crippen molar-refractivity contribution in [2.75, 3.05) is 13.2 Å². The number of amides is 1. The van der Waals surface area contributed by atoms with Gasteiger partial charge in [0.25, 0.3) is 11.8 Å². The molecule has 1 fully saturated rings. The molecule has 5 rings (SSSR count). The number of halogens is 1. The Balaban J connectivity index is 1.43. The van der Waals surface area contributed by atoms with Crippen LogP contribution in [0.2, 0.25) is 0 Å². The van der Waals surface area contributed by atoms with Gasteiger partial charge in [0, 0.05) is 18.2 Å². The van der Waals surface area contributed by atoms with E-state index in [0.29, 0.717) is 48.5 Å². The van der Waals surface area contributed by atoms with Gasteiger partial charge in [0.2, 0.25) is 5.88 Å². The molecule has 4 heterocycles. The van der Waals surface area contributed by atoms with Crippen LogP contribution in [-0.4, -0.2) is 43.9 Å². The van der Waals surface area contributed by atoms with Crippen LogP contribution in [0.4, 0.5) is 4.39 Å². The minimum atomic E-state index is -0.329. The number of carbonyl (C=O) groups excluding carboxylic acids is 1. The fourth-order valence-electron chi connectivity index (χ4n) is 3.86. The minimum absolute atomic E-state index is 0.157.